The molecular weight excluding hydrogens is 232 g/mol. The van der Waals surface area contributed by atoms with Crippen LogP contribution < -0.4 is 5.43 Å². The fourth-order valence-corrected chi connectivity index (χ4v) is 1.31. The van der Waals surface area contributed by atoms with Crippen LogP contribution in [0.5, 0.6) is 0 Å². The molecule has 1 aromatic heterocycles. The molecule has 0 aromatic carbocycles. The third-order valence-corrected chi connectivity index (χ3v) is 2.30. The van der Waals surface area contributed by atoms with E-state index in [1.165, 1.54) is 11.1 Å². The highest BCUT2D eigenvalue weighted by Gasteiger charge is 2.18. The first-order valence-corrected chi connectivity index (χ1v) is 5.72. The molecule has 96 valence electrons. The molecular formula is C12H16N4O2. The SMILES string of the molecule is CCN(CC)C(=O)C(=O)N/N=C\c1ccccn1. The standard InChI is InChI=1S/C12H16N4O2/c1-3-16(4-2)12(18)11(17)15-14-9-10-7-5-6-8-13-10/h5-9H,3-4H2,1-2H3,(H,15,17)/b14-9-. The fraction of sp³-hybridized carbons (Fsp3) is 0.333. The van der Waals surface area contributed by atoms with Gasteiger partial charge in [-0.25, -0.2) is 5.43 Å². The van der Waals surface area contributed by atoms with Gasteiger partial charge in [-0.2, -0.15) is 5.10 Å². The van der Waals surface area contributed by atoms with Crippen molar-refractivity contribution in [1.82, 2.24) is 15.3 Å². The van der Waals surface area contributed by atoms with Crippen LogP contribution in [-0.4, -0.2) is 41.0 Å². The first-order chi connectivity index (χ1) is 8.69. The van der Waals surface area contributed by atoms with E-state index in [4.69, 9.17) is 0 Å². The molecule has 0 aliphatic heterocycles. The number of aromatic nitrogens is 1. The Kier molecular flexibility index (Phi) is 5.50. The van der Waals surface area contributed by atoms with Gasteiger partial charge in [-0.05, 0) is 26.0 Å². The van der Waals surface area contributed by atoms with Gasteiger partial charge >= 0.3 is 11.8 Å². The average molecular weight is 248 g/mol. The number of nitrogens with one attached hydrogen (secondary N) is 1. The van der Waals surface area contributed by atoms with Gasteiger partial charge in [0.1, 0.15) is 0 Å². The number of carbonyl (C=O) groups excluding carboxylic acids is 2. The Morgan fingerprint density at radius 2 is 2.11 bits per heavy atom. The van der Waals surface area contributed by atoms with E-state index in [1.54, 1.807) is 24.4 Å². The van der Waals surface area contributed by atoms with E-state index >= 15 is 0 Å². The molecule has 6 heteroatoms. The normalized spacial score (nSPS) is 10.3. The van der Waals surface area contributed by atoms with Crippen molar-refractivity contribution in [1.29, 1.82) is 0 Å². The van der Waals surface area contributed by atoms with Gasteiger partial charge in [0.05, 0.1) is 11.9 Å². The van der Waals surface area contributed by atoms with Crippen LogP contribution in [0.25, 0.3) is 0 Å². The van der Waals surface area contributed by atoms with Crippen molar-refractivity contribution in [3.05, 3.63) is 30.1 Å². The summed E-state index contributed by atoms with van der Waals surface area (Å²) in [5.74, 6) is -1.33. The number of likely N-dealkylation sites (N-methyl/N-ethyl adjacent to an activating group) is 1. The zero-order valence-corrected chi connectivity index (χ0v) is 10.5. The molecule has 1 heterocycles. The lowest BCUT2D eigenvalue weighted by atomic mass is 10.4. The summed E-state index contributed by atoms with van der Waals surface area (Å²) < 4.78 is 0. The first-order valence-electron chi connectivity index (χ1n) is 5.72. The van der Waals surface area contributed by atoms with Crippen molar-refractivity contribution in [3.8, 4) is 0 Å². The molecule has 0 bridgehead atoms. The maximum atomic E-state index is 11.6. The van der Waals surface area contributed by atoms with Crippen molar-refractivity contribution in [3.63, 3.8) is 0 Å². The Labute approximate surface area is 106 Å². The van der Waals surface area contributed by atoms with Gasteiger partial charge < -0.3 is 4.90 Å². The number of rotatable bonds is 4. The highest BCUT2D eigenvalue weighted by Crippen LogP contribution is 1.90. The molecule has 2 amide bonds. The summed E-state index contributed by atoms with van der Waals surface area (Å²) in [5, 5.41) is 3.68. The zero-order chi connectivity index (χ0) is 13.4. The number of nitrogens with zero attached hydrogens (tertiary/aromatic N) is 3. The molecule has 0 unspecified atom stereocenters. The van der Waals surface area contributed by atoms with Crippen LogP contribution in [0.3, 0.4) is 0 Å². The number of hydrazone groups is 1. The third-order valence-electron chi connectivity index (χ3n) is 2.30. The van der Waals surface area contributed by atoms with Gasteiger partial charge in [0.2, 0.25) is 0 Å². The lowest BCUT2D eigenvalue weighted by Gasteiger charge is -2.16. The van der Waals surface area contributed by atoms with Crippen molar-refractivity contribution in [2.75, 3.05) is 13.1 Å². The maximum Gasteiger partial charge on any atom is 0.329 e. The minimum Gasteiger partial charge on any atom is -0.335 e. The van der Waals surface area contributed by atoms with Gasteiger partial charge in [0.25, 0.3) is 0 Å². The summed E-state index contributed by atoms with van der Waals surface area (Å²) in [4.78, 5) is 28.4. The Morgan fingerprint density at radius 1 is 1.39 bits per heavy atom. The van der Waals surface area contributed by atoms with Gasteiger partial charge in [-0.1, -0.05) is 6.07 Å². The van der Waals surface area contributed by atoms with E-state index in [1.807, 2.05) is 13.8 Å². The minimum atomic E-state index is -0.745. The van der Waals surface area contributed by atoms with Crippen LogP contribution >= 0.6 is 0 Å². The van der Waals surface area contributed by atoms with Gasteiger partial charge in [-0.15, -0.1) is 0 Å². The molecule has 0 fully saturated rings. The van der Waals surface area contributed by atoms with Crippen LogP contribution in [0.2, 0.25) is 0 Å². The summed E-state index contributed by atoms with van der Waals surface area (Å²) in [6, 6.07) is 5.32. The Hall–Kier alpha value is -2.24. The monoisotopic (exact) mass is 248 g/mol. The third kappa shape index (κ3) is 3.97. The first kappa shape index (κ1) is 13.8. The predicted molar refractivity (Wildman–Crippen MR) is 67.9 cm³/mol. The second kappa shape index (κ2) is 7.16. The minimum absolute atomic E-state index is 0.493. The number of hydrogen-bond acceptors (Lipinski definition) is 4. The van der Waals surface area contributed by atoms with Gasteiger partial charge in [0.15, 0.2) is 0 Å². The fourth-order valence-electron chi connectivity index (χ4n) is 1.31. The topological polar surface area (TPSA) is 74.7 Å². The smallest absolute Gasteiger partial charge is 0.329 e. The molecule has 0 aliphatic carbocycles. The van der Waals surface area contributed by atoms with E-state index in [-0.39, 0.29) is 0 Å². The van der Waals surface area contributed by atoms with Crippen LogP contribution in [0.4, 0.5) is 0 Å². The highest BCUT2D eigenvalue weighted by atomic mass is 16.2. The number of hydrogen-bond donors (Lipinski definition) is 1. The molecule has 1 aromatic rings. The Bertz CT molecular complexity index is 427. The van der Waals surface area contributed by atoms with Crippen LogP contribution in [0.15, 0.2) is 29.5 Å². The van der Waals surface area contributed by atoms with Gasteiger partial charge in [0, 0.05) is 19.3 Å². The van der Waals surface area contributed by atoms with Crippen LogP contribution in [0.1, 0.15) is 19.5 Å². The molecule has 1 rings (SSSR count). The molecule has 0 atom stereocenters. The number of amides is 2. The number of pyridine rings is 1. The second-order valence-corrected chi connectivity index (χ2v) is 3.43. The van der Waals surface area contributed by atoms with Crippen LogP contribution in [-0.2, 0) is 9.59 Å². The van der Waals surface area contributed by atoms with Crippen LogP contribution in [0, 0.1) is 0 Å². The van der Waals surface area contributed by atoms with E-state index in [9.17, 15) is 9.59 Å². The lowest BCUT2D eigenvalue weighted by Crippen LogP contribution is -2.41. The Balaban J connectivity index is 2.51. The van der Waals surface area contributed by atoms with E-state index < -0.39 is 11.8 Å². The highest BCUT2D eigenvalue weighted by molar-refractivity contribution is 6.34. The summed E-state index contributed by atoms with van der Waals surface area (Å²) in [5.41, 5.74) is 2.78. The molecule has 6 nitrogen and oxygen atoms in total. The number of carbonyl (C=O) groups is 2. The van der Waals surface area contributed by atoms with E-state index in [0.29, 0.717) is 18.8 Å². The van der Waals surface area contributed by atoms with E-state index in [0.717, 1.165) is 0 Å². The molecule has 0 aliphatic rings. The maximum absolute atomic E-state index is 11.6. The van der Waals surface area contributed by atoms with Crippen molar-refractivity contribution < 1.29 is 9.59 Å². The van der Waals surface area contributed by atoms with Crippen molar-refractivity contribution >= 4 is 18.0 Å². The summed E-state index contributed by atoms with van der Waals surface area (Å²) in [6.07, 6.45) is 3.00. The summed E-state index contributed by atoms with van der Waals surface area (Å²) in [7, 11) is 0. The summed E-state index contributed by atoms with van der Waals surface area (Å²) in [6.45, 7) is 4.61. The quantitative estimate of drug-likeness (QED) is 0.476. The van der Waals surface area contributed by atoms with Crippen molar-refractivity contribution in [2.24, 2.45) is 5.10 Å². The second-order valence-electron chi connectivity index (χ2n) is 3.43. The van der Waals surface area contributed by atoms with Crippen molar-refractivity contribution in [2.45, 2.75) is 13.8 Å². The molecule has 0 radical (unpaired) electrons. The molecule has 0 spiro atoms. The molecule has 0 saturated heterocycles. The van der Waals surface area contributed by atoms with Gasteiger partial charge in [-0.3, -0.25) is 14.6 Å². The molecule has 18 heavy (non-hydrogen) atoms. The largest absolute Gasteiger partial charge is 0.335 e. The predicted octanol–water partition coefficient (Wildman–Crippen LogP) is 0.400. The average Bonchev–Trinajstić information content (AvgIpc) is 2.41. The molecule has 0 saturated carbocycles. The lowest BCUT2D eigenvalue weighted by molar-refractivity contribution is -0.145. The Morgan fingerprint density at radius 3 is 2.67 bits per heavy atom. The van der Waals surface area contributed by atoms with E-state index in [2.05, 4.69) is 15.5 Å². The summed E-state index contributed by atoms with van der Waals surface area (Å²) >= 11 is 0. The molecule has 1 N–H and O–H groups in total. The zero-order valence-electron chi connectivity index (χ0n) is 10.5.